The van der Waals surface area contributed by atoms with Crippen molar-refractivity contribution in [2.24, 2.45) is 0 Å². The highest BCUT2D eigenvalue weighted by atomic mass is 16.5. The fraction of sp³-hybridized carbons (Fsp3) is 0.0769. The Morgan fingerprint density at radius 1 is 1.06 bits per heavy atom. The van der Waals surface area contributed by atoms with Crippen LogP contribution in [0.2, 0.25) is 0 Å². The van der Waals surface area contributed by atoms with Crippen molar-refractivity contribution < 1.29 is 9.47 Å². The third kappa shape index (κ3) is 1.45. The van der Waals surface area contributed by atoms with Gasteiger partial charge in [-0.05, 0) is 18.2 Å². The van der Waals surface area contributed by atoms with Crippen molar-refractivity contribution in [1.82, 2.24) is 4.98 Å². The lowest BCUT2D eigenvalue weighted by atomic mass is 10.2. The lowest BCUT2D eigenvalue weighted by Crippen LogP contribution is -2.28. The Labute approximate surface area is 97.7 Å². The van der Waals surface area contributed by atoms with Crippen LogP contribution in [0.15, 0.2) is 42.5 Å². The molecule has 0 atom stereocenters. The van der Waals surface area contributed by atoms with Crippen LogP contribution in [0.3, 0.4) is 0 Å². The second-order valence-corrected chi connectivity index (χ2v) is 3.75. The molecule has 0 spiro atoms. The Balaban J connectivity index is 2.46. The maximum Gasteiger partial charge on any atom is 0.246 e. The molecular formula is C13H10N2O2. The Bertz CT molecular complexity index is 710. The number of benzene rings is 2. The number of fused-ring (bicyclic) bond motifs is 2. The number of para-hydroxylation sites is 2. The van der Waals surface area contributed by atoms with Crippen LogP contribution in [0.1, 0.15) is 0 Å². The third-order valence-electron chi connectivity index (χ3n) is 2.74. The van der Waals surface area contributed by atoms with E-state index in [9.17, 15) is 5.21 Å². The van der Waals surface area contributed by atoms with E-state index in [1.807, 2.05) is 18.2 Å². The van der Waals surface area contributed by atoms with Gasteiger partial charge in [-0.1, -0.05) is 12.1 Å². The lowest BCUT2D eigenvalue weighted by Gasteiger charge is -2.06. The summed E-state index contributed by atoms with van der Waals surface area (Å²) in [4.78, 5) is 4.44. The summed E-state index contributed by atoms with van der Waals surface area (Å²) in [6.07, 6.45) is 0. The van der Waals surface area contributed by atoms with Gasteiger partial charge in [0.2, 0.25) is 11.0 Å². The van der Waals surface area contributed by atoms with Crippen molar-refractivity contribution in [3.63, 3.8) is 0 Å². The van der Waals surface area contributed by atoms with Gasteiger partial charge in [-0.25, -0.2) is 4.98 Å². The molecule has 0 aliphatic heterocycles. The van der Waals surface area contributed by atoms with E-state index in [4.69, 9.17) is 4.74 Å². The highest BCUT2D eigenvalue weighted by Gasteiger charge is 2.11. The summed E-state index contributed by atoms with van der Waals surface area (Å²) in [7, 11) is 1.57. The van der Waals surface area contributed by atoms with Gasteiger partial charge in [0.15, 0.2) is 0 Å². The van der Waals surface area contributed by atoms with Crippen LogP contribution in [0.5, 0.6) is 5.75 Å². The molecule has 0 radical (unpaired) electrons. The molecule has 0 aliphatic rings. The number of aromatic nitrogens is 2. The highest BCUT2D eigenvalue weighted by molar-refractivity contribution is 5.82. The molecule has 0 saturated carbocycles. The topological polar surface area (TPSA) is 49.1 Å². The number of rotatable bonds is 1. The molecule has 0 unspecified atom stereocenters. The molecule has 0 N–H and O–H groups in total. The highest BCUT2D eigenvalue weighted by Crippen LogP contribution is 2.19. The predicted octanol–water partition coefficient (Wildman–Crippen LogP) is 2.03. The molecule has 1 aromatic heterocycles. The lowest BCUT2D eigenvalue weighted by molar-refractivity contribution is -0.548. The fourth-order valence-electron chi connectivity index (χ4n) is 1.88. The second-order valence-electron chi connectivity index (χ2n) is 3.75. The largest absolute Gasteiger partial charge is 0.618 e. The second kappa shape index (κ2) is 3.59. The van der Waals surface area contributed by atoms with Gasteiger partial charge in [-0.3, -0.25) is 0 Å². The van der Waals surface area contributed by atoms with E-state index in [2.05, 4.69) is 4.98 Å². The van der Waals surface area contributed by atoms with E-state index in [0.717, 1.165) is 4.73 Å². The number of ether oxygens (including phenoxy) is 1. The van der Waals surface area contributed by atoms with E-state index in [1.54, 1.807) is 31.4 Å². The van der Waals surface area contributed by atoms with Crippen molar-refractivity contribution in [3.05, 3.63) is 47.7 Å². The summed E-state index contributed by atoms with van der Waals surface area (Å²) < 4.78 is 6.00. The van der Waals surface area contributed by atoms with Crippen LogP contribution in [0, 0.1) is 5.21 Å². The molecule has 84 valence electrons. The molecule has 3 aromatic rings. The first-order chi connectivity index (χ1) is 8.29. The molecule has 3 rings (SSSR count). The Hall–Kier alpha value is -2.36. The van der Waals surface area contributed by atoms with Crippen LogP contribution < -0.4 is 9.47 Å². The van der Waals surface area contributed by atoms with E-state index >= 15 is 0 Å². The van der Waals surface area contributed by atoms with Crippen LogP contribution in [0.25, 0.3) is 22.1 Å². The molecule has 4 heteroatoms. The van der Waals surface area contributed by atoms with Crippen LogP contribution >= 0.6 is 0 Å². The third-order valence-corrected chi connectivity index (χ3v) is 2.74. The molecule has 2 aromatic carbocycles. The summed E-state index contributed by atoms with van der Waals surface area (Å²) in [6.45, 7) is 0. The molecule has 0 amide bonds. The maximum absolute atomic E-state index is 12.2. The fourth-order valence-corrected chi connectivity index (χ4v) is 1.88. The number of hydrogen-bond acceptors (Lipinski definition) is 3. The molecule has 1 heterocycles. The normalized spacial score (nSPS) is 10.9. The molecule has 0 saturated heterocycles. The summed E-state index contributed by atoms with van der Waals surface area (Å²) in [6, 6.07) is 12.6. The minimum atomic E-state index is 0.517. The number of nitrogens with zero attached hydrogens (tertiary/aromatic N) is 2. The minimum Gasteiger partial charge on any atom is -0.618 e. The molecule has 17 heavy (non-hydrogen) atoms. The van der Waals surface area contributed by atoms with Crippen molar-refractivity contribution in [2.45, 2.75) is 0 Å². The van der Waals surface area contributed by atoms with Gasteiger partial charge in [-0.15, -0.1) is 0 Å². The van der Waals surface area contributed by atoms with E-state index in [1.165, 1.54) is 0 Å². The van der Waals surface area contributed by atoms with Gasteiger partial charge >= 0.3 is 0 Å². The molecule has 0 aliphatic carbocycles. The summed E-state index contributed by atoms with van der Waals surface area (Å²) in [5, 5.41) is 12.2. The minimum absolute atomic E-state index is 0.517. The molecule has 0 fully saturated rings. The van der Waals surface area contributed by atoms with Crippen LogP contribution in [-0.2, 0) is 0 Å². The maximum atomic E-state index is 12.2. The van der Waals surface area contributed by atoms with E-state index in [-0.39, 0.29) is 0 Å². The predicted molar refractivity (Wildman–Crippen MR) is 64.8 cm³/mol. The zero-order valence-corrected chi connectivity index (χ0v) is 9.25. The van der Waals surface area contributed by atoms with Gasteiger partial charge in [0.05, 0.1) is 13.2 Å². The summed E-state index contributed by atoms with van der Waals surface area (Å²) in [5.41, 5.74) is 2.44. The Kier molecular flexibility index (Phi) is 2.08. The van der Waals surface area contributed by atoms with E-state index < -0.39 is 0 Å². The van der Waals surface area contributed by atoms with Gasteiger partial charge in [0.25, 0.3) is 0 Å². The van der Waals surface area contributed by atoms with Crippen LogP contribution in [0.4, 0.5) is 0 Å². The first-order valence-electron chi connectivity index (χ1n) is 5.25. The van der Waals surface area contributed by atoms with Crippen molar-refractivity contribution in [2.75, 3.05) is 7.11 Å². The van der Waals surface area contributed by atoms with Crippen LogP contribution in [-0.4, -0.2) is 12.1 Å². The van der Waals surface area contributed by atoms with Gasteiger partial charge in [-0.2, -0.15) is 4.73 Å². The number of methoxy groups -OCH3 is 1. The molecular weight excluding hydrogens is 216 g/mol. The standard InChI is InChI=1S/C13H10N2O2/c1-17-9-6-7-11-13(8-9)15(16)12-5-3-2-4-10(12)14-11/h2-8H,1H3. The van der Waals surface area contributed by atoms with Gasteiger partial charge in [0, 0.05) is 6.07 Å². The first kappa shape index (κ1) is 9.84. The number of hydrogen-bond donors (Lipinski definition) is 0. The Morgan fingerprint density at radius 3 is 2.65 bits per heavy atom. The zero-order chi connectivity index (χ0) is 11.8. The molecule has 4 nitrogen and oxygen atoms in total. The van der Waals surface area contributed by atoms with Crippen molar-refractivity contribution >= 4 is 22.1 Å². The van der Waals surface area contributed by atoms with E-state index in [0.29, 0.717) is 27.8 Å². The SMILES string of the molecule is COc1ccc2nc3ccccc3[n+]([O-])c2c1. The zero-order valence-electron chi connectivity index (χ0n) is 9.25. The van der Waals surface area contributed by atoms with Gasteiger partial charge in [0.1, 0.15) is 16.8 Å². The first-order valence-corrected chi connectivity index (χ1v) is 5.25. The monoisotopic (exact) mass is 226 g/mol. The summed E-state index contributed by atoms with van der Waals surface area (Å²) in [5.74, 6) is 0.652. The Morgan fingerprint density at radius 2 is 1.82 bits per heavy atom. The van der Waals surface area contributed by atoms with Gasteiger partial charge < -0.3 is 9.94 Å². The molecule has 0 bridgehead atoms. The average molecular weight is 226 g/mol. The van der Waals surface area contributed by atoms with Crippen molar-refractivity contribution in [1.29, 1.82) is 0 Å². The van der Waals surface area contributed by atoms with Crippen molar-refractivity contribution in [3.8, 4) is 5.75 Å². The summed E-state index contributed by atoms with van der Waals surface area (Å²) >= 11 is 0. The smallest absolute Gasteiger partial charge is 0.246 e. The quantitative estimate of drug-likeness (QED) is 0.362. The average Bonchev–Trinajstić information content (AvgIpc) is 2.39.